The molecule has 19 heavy (non-hydrogen) atoms. The van der Waals surface area contributed by atoms with Gasteiger partial charge in [-0.05, 0) is 38.7 Å². The standard InChI is InChI=1S/C15H22N2O2/c1-4-16-9-15-13(7-8-18-15)10-17(3)11-14-6-5-12(2)19-14/h5-8,16H,4,9-11H2,1-3H3. The molecule has 1 N–H and O–H groups in total. The van der Waals surface area contributed by atoms with Crippen LogP contribution in [0.5, 0.6) is 0 Å². The fourth-order valence-electron chi connectivity index (χ4n) is 2.08. The average molecular weight is 262 g/mol. The van der Waals surface area contributed by atoms with Crippen LogP contribution in [-0.2, 0) is 19.6 Å². The molecule has 2 heterocycles. The summed E-state index contributed by atoms with van der Waals surface area (Å²) in [5.74, 6) is 2.97. The average Bonchev–Trinajstić information content (AvgIpc) is 2.96. The lowest BCUT2D eigenvalue weighted by atomic mass is 10.2. The molecule has 0 spiro atoms. The number of rotatable bonds is 7. The summed E-state index contributed by atoms with van der Waals surface area (Å²) in [6.07, 6.45) is 1.76. The zero-order valence-electron chi connectivity index (χ0n) is 11.9. The number of hydrogen-bond acceptors (Lipinski definition) is 4. The molecule has 0 aliphatic rings. The van der Waals surface area contributed by atoms with E-state index in [0.29, 0.717) is 0 Å². The van der Waals surface area contributed by atoms with Crippen molar-refractivity contribution in [3.63, 3.8) is 0 Å². The third-order valence-electron chi connectivity index (χ3n) is 3.04. The number of aryl methyl sites for hydroxylation is 1. The monoisotopic (exact) mass is 262 g/mol. The number of furan rings is 2. The summed E-state index contributed by atoms with van der Waals surface area (Å²) in [6.45, 7) is 7.45. The molecule has 0 aliphatic heterocycles. The second-order valence-corrected chi connectivity index (χ2v) is 4.83. The molecule has 0 saturated heterocycles. The minimum atomic E-state index is 0.784. The molecular weight excluding hydrogens is 240 g/mol. The van der Waals surface area contributed by atoms with Crippen LogP contribution in [0.4, 0.5) is 0 Å². The van der Waals surface area contributed by atoms with Crippen LogP contribution in [0.2, 0.25) is 0 Å². The first kappa shape index (κ1) is 13.9. The molecule has 4 heteroatoms. The van der Waals surface area contributed by atoms with E-state index >= 15 is 0 Å². The largest absolute Gasteiger partial charge is 0.468 e. The molecule has 0 bridgehead atoms. The SMILES string of the molecule is CCNCc1occc1CN(C)Cc1ccc(C)o1. The van der Waals surface area contributed by atoms with Crippen LogP contribution in [0, 0.1) is 6.92 Å². The van der Waals surface area contributed by atoms with Crippen molar-refractivity contribution in [2.75, 3.05) is 13.6 Å². The Morgan fingerprint density at radius 3 is 2.74 bits per heavy atom. The number of nitrogens with one attached hydrogen (secondary N) is 1. The lowest BCUT2D eigenvalue weighted by Crippen LogP contribution is -2.19. The third kappa shape index (κ3) is 3.98. The summed E-state index contributed by atoms with van der Waals surface area (Å²) < 4.78 is 11.1. The van der Waals surface area contributed by atoms with Gasteiger partial charge in [0.2, 0.25) is 0 Å². The fraction of sp³-hybridized carbons (Fsp3) is 0.467. The highest BCUT2D eigenvalue weighted by Gasteiger charge is 2.10. The quantitative estimate of drug-likeness (QED) is 0.833. The van der Waals surface area contributed by atoms with Gasteiger partial charge in [-0.3, -0.25) is 4.90 Å². The van der Waals surface area contributed by atoms with E-state index in [-0.39, 0.29) is 0 Å². The zero-order chi connectivity index (χ0) is 13.7. The van der Waals surface area contributed by atoms with Crippen LogP contribution in [-0.4, -0.2) is 18.5 Å². The van der Waals surface area contributed by atoms with E-state index in [1.807, 2.05) is 25.1 Å². The molecule has 0 amide bonds. The van der Waals surface area contributed by atoms with Gasteiger partial charge in [0.1, 0.15) is 17.3 Å². The molecule has 0 aliphatic carbocycles. The van der Waals surface area contributed by atoms with Gasteiger partial charge in [0.15, 0.2) is 0 Å². The zero-order valence-corrected chi connectivity index (χ0v) is 11.9. The predicted molar refractivity (Wildman–Crippen MR) is 74.7 cm³/mol. The molecule has 4 nitrogen and oxygen atoms in total. The Hall–Kier alpha value is -1.52. The van der Waals surface area contributed by atoms with Gasteiger partial charge in [-0.1, -0.05) is 6.92 Å². The molecular formula is C15H22N2O2. The molecule has 0 aromatic carbocycles. The smallest absolute Gasteiger partial charge is 0.122 e. The number of hydrogen-bond donors (Lipinski definition) is 1. The van der Waals surface area contributed by atoms with E-state index in [1.165, 1.54) is 5.56 Å². The maximum absolute atomic E-state index is 5.59. The molecule has 104 valence electrons. The van der Waals surface area contributed by atoms with Crippen molar-refractivity contribution < 1.29 is 8.83 Å². The van der Waals surface area contributed by atoms with E-state index in [1.54, 1.807) is 6.26 Å². The Bertz CT molecular complexity index is 502. The summed E-state index contributed by atoms with van der Waals surface area (Å²) in [6, 6.07) is 6.06. The lowest BCUT2D eigenvalue weighted by molar-refractivity contribution is 0.282. The fourth-order valence-corrected chi connectivity index (χ4v) is 2.08. The maximum Gasteiger partial charge on any atom is 0.122 e. The summed E-state index contributed by atoms with van der Waals surface area (Å²) in [5, 5.41) is 3.29. The number of nitrogens with zero attached hydrogens (tertiary/aromatic N) is 1. The van der Waals surface area contributed by atoms with Gasteiger partial charge >= 0.3 is 0 Å². The minimum absolute atomic E-state index is 0.784. The van der Waals surface area contributed by atoms with E-state index in [4.69, 9.17) is 8.83 Å². The predicted octanol–water partition coefficient (Wildman–Crippen LogP) is 2.92. The highest BCUT2D eigenvalue weighted by molar-refractivity contribution is 5.17. The van der Waals surface area contributed by atoms with Crippen molar-refractivity contribution in [2.24, 2.45) is 0 Å². The van der Waals surface area contributed by atoms with Gasteiger partial charge in [-0.2, -0.15) is 0 Å². The van der Waals surface area contributed by atoms with E-state index in [2.05, 4.69) is 24.2 Å². The Balaban J connectivity index is 1.91. The first-order chi connectivity index (χ1) is 9.19. The van der Waals surface area contributed by atoms with Gasteiger partial charge in [0.05, 0.1) is 19.4 Å². The lowest BCUT2D eigenvalue weighted by Gasteiger charge is -2.15. The summed E-state index contributed by atoms with van der Waals surface area (Å²) in [4.78, 5) is 2.22. The summed E-state index contributed by atoms with van der Waals surface area (Å²) >= 11 is 0. The maximum atomic E-state index is 5.59. The summed E-state index contributed by atoms with van der Waals surface area (Å²) in [7, 11) is 2.09. The summed E-state index contributed by atoms with van der Waals surface area (Å²) in [5.41, 5.74) is 1.23. The van der Waals surface area contributed by atoms with Crippen LogP contribution in [0.3, 0.4) is 0 Å². The van der Waals surface area contributed by atoms with E-state index in [0.717, 1.165) is 43.5 Å². The first-order valence-electron chi connectivity index (χ1n) is 6.69. The van der Waals surface area contributed by atoms with Crippen LogP contribution < -0.4 is 5.32 Å². The molecule has 2 aromatic heterocycles. The van der Waals surface area contributed by atoms with Crippen LogP contribution >= 0.6 is 0 Å². The second-order valence-electron chi connectivity index (χ2n) is 4.83. The Kier molecular flexibility index (Phi) is 4.82. The molecule has 0 atom stereocenters. The van der Waals surface area contributed by atoms with Crippen LogP contribution in [0.25, 0.3) is 0 Å². The van der Waals surface area contributed by atoms with Gasteiger partial charge < -0.3 is 14.2 Å². The van der Waals surface area contributed by atoms with E-state index < -0.39 is 0 Å². The van der Waals surface area contributed by atoms with Gasteiger partial charge in [0.25, 0.3) is 0 Å². The first-order valence-corrected chi connectivity index (χ1v) is 6.69. The molecule has 0 unspecified atom stereocenters. The van der Waals surface area contributed by atoms with Gasteiger partial charge in [0, 0.05) is 12.1 Å². The minimum Gasteiger partial charge on any atom is -0.468 e. The van der Waals surface area contributed by atoms with Gasteiger partial charge in [-0.15, -0.1) is 0 Å². The highest BCUT2D eigenvalue weighted by atomic mass is 16.3. The second kappa shape index (κ2) is 6.59. The Morgan fingerprint density at radius 2 is 2.05 bits per heavy atom. The van der Waals surface area contributed by atoms with Gasteiger partial charge in [-0.25, -0.2) is 0 Å². The topological polar surface area (TPSA) is 41.6 Å². The van der Waals surface area contributed by atoms with Crippen molar-refractivity contribution in [3.8, 4) is 0 Å². The van der Waals surface area contributed by atoms with Crippen molar-refractivity contribution in [1.82, 2.24) is 10.2 Å². The molecule has 2 rings (SSSR count). The molecule has 2 aromatic rings. The van der Waals surface area contributed by atoms with Crippen LogP contribution in [0.1, 0.15) is 29.8 Å². The van der Waals surface area contributed by atoms with Crippen molar-refractivity contribution in [2.45, 2.75) is 33.5 Å². The van der Waals surface area contributed by atoms with Crippen molar-refractivity contribution in [3.05, 3.63) is 47.3 Å². The highest BCUT2D eigenvalue weighted by Crippen LogP contribution is 2.15. The van der Waals surface area contributed by atoms with Crippen molar-refractivity contribution >= 4 is 0 Å². The Labute approximate surface area is 114 Å². The molecule has 0 saturated carbocycles. The van der Waals surface area contributed by atoms with E-state index in [9.17, 15) is 0 Å². The molecule has 0 radical (unpaired) electrons. The molecule has 0 fully saturated rings. The van der Waals surface area contributed by atoms with Crippen LogP contribution in [0.15, 0.2) is 33.3 Å². The third-order valence-corrected chi connectivity index (χ3v) is 3.04. The normalized spacial score (nSPS) is 11.4. The Morgan fingerprint density at radius 1 is 1.21 bits per heavy atom. The van der Waals surface area contributed by atoms with Crippen molar-refractivity contribution in [1.29, 1.82) is 0 Å².